The van der Waals surface area contributed by atoms with Crippen LogP contribution in [0.2, 0.25) is 0 Å². The van der Waals surface area contributed by atoms with Gasteiger partial charge in [0, 0.05) is 12.8 Å². The Balaban J connectivity index is 2.55. The molecular formula is C42H70O12S. The summed E-state index contributed by atoms with van der Waals surface area (Å²) in [6.45, 7) is 3.55. The summed E-state index contributed by atoms with van der Waals surface area (Å²) in [5.41, 5.74) is 0. The molecule has 0 bridgehead atoms. The molecule has 0 aromatic heterocycles. The number of allylic oxidation sites excluding steroid dienone is 10. The fourth-order valence-corrected chi connectivity index (χ4v) is 6.40. The van der Waals surface area contributed by atoms with Crippen molar-refractivity contribution >= 4 is 22.1 Å². The van der Waals surface area contributed by atoms with Gasteiger partial charge >= 0.3 is 11.9 Å². The molecule has 13 heteroatoms. The van der Waals surface area contributed by atoms with Crippen LogP contribution in [0.25, 0.3) is 0 Å². The number of unbranched alkanes of at least 4 members (excludes halogenated alkanes) is 10. The van der Waals surface area contributed by atoms with E-state index in [1.165, 1.54) is 38.5 Å². The molecule has 0 aliphatic carbocycles. The molecule has 0 spiro atoms. The number of ether oxygens (including phenoxy) is 4. The number of aliphatic hydroxyl groups excluding tert-OH is 3. The average Bonchev–Trinajstić information content (AvgIpc) is 3.14. The summed E-state index contributed by atoms with van der Waals surface area (Å²) in [6, 6.07) is 0. The third-order valence-corrected chi connectivity index (χ3v) is 9.61. The van der Waals surface area contributed by atoms with Gasteiger partial charge in [-0.3, -0.25) is 14.1 Å². The van der Waals surface area contributed by atoms with Gasteiger partial charge in [0.25, 0.3) is 10.1 Å². The maximum Gasteiger partial charge on any atom is 0.306 e. The van der Waals surface area contributed by atoms with Gasteiger partial charge in [0.1, 0.15) is 36.8 Å². The largest absolute Gasteiger partial charge is 0.462 e. The molecule has 1 saturated heterocycles. The molecule has 1 heterocycles. The van der Waals surface area contributed by atoms with Gasteiger partial charge < -0.3 is 34.3 Å². The van der Waals surface area contributed by atoms with Gasteiger partial charge in [0.15, 0.2) is 12.4 Å². The molecule has 0 aromatic rings. The van der Waals surface area contributed by atoms with Crippen LogP contribution < -0.4 is 0 Å². The fraction of sp³-hybridized carbons (Fsp3) is 0.714. The molecule has 55 heavy (non-hydrogen) atoms. The van der Waals surface area contributed by atoms with Crippen LogP contribution in [0.5, 0.6) is 0 Å². The number of rotatable bonds is 32. The summed E-state index contributed by atoms with van der Waals surface area (Å²) in [4.78, 5) is 25.2. The summed E-state index contributed by atoms with van der Waals surface area (Å²) >= 11 is 0. The first kappa shape index (κ1) is 50.4. The van der Waals surface area contributed by atoms with Gasteiger partial charge in [-0.1, -0.05) is 132 Å². The summed E-state index contributed by atoms with van der Waals surface area (Å²) < 4.78 is 53.8. The second-order valence-electron chi connectivity index (χ2n) is 13.9. The Morgan fingerprint density at radius 1 is 0.636 bits per heavy atom. The molecule has 1 rings (SSSR count). The van der Waals surface area contributed by atoms with Crippen LogP contribution in [-0.2, 0) is 38.7 Å². The Bertz CT molecular complexity index is 1260. The molecule has 6 atom stereocenters. The predicted octanol–water partition coefficient (Wildman–Crippen LogP) is 7.39. The van der Waals surface area contributed by atoms with Gasteiger partial charge in [0.05, 0.1) is 6.61 Å². The minimum absolute atomic E-state index is 0.0846. The van der Waals surface area contributed by atoms with Crippen molar-refractivity contribution in [2.75, 3.05) is 19.0 Å². The molecule has 12 nitrogen and oxygen atoms in total. The second kappa shape index (κ2) is 32.4. The number of hydrogen-bond donors (Lipinski definition) is 4. The number of esters is 2. The first-order valence-corrected chi connectivity index (χ1v) is 22.0. The molecule has 1 aliphatic rings. The fourth-order valence-electron chi connectivity index (χ4n) is 5.71. The van der Waals surface area contributed by atoms with Crippen LogP contribution in [0.1, 0.15) is 136 Å². The lowest BCUT2D eigenvalue weighted by Gasteiger charge is -2.40. The molecule has 0 radical (unpaired) electrons. The van der Waals surface area contributed by atoms with Crippen LogP contribution >= 0.6 is 0 Å². The third-order valence-electron chi connectivity index (χ3n) is 8.86. The Morgan fingerprint density at radius 2 is 1.15 bits per heavy atom. The predicted molar refractivity (Wildman–Crippen MR) is 215 cm³/mol. The first-order chi connectivity index (χ1) is 26.5. The number of carbonyl (C=O) groups is 2. The molecule has 6 unspecified atom stereocenters. The van der Waals surface area contributed by atoms with Gasteiger partial charge in [-0.15, -0.1) is 0 Å². The maximum absolute atomic E-state index is 12.7. The first-order valence-electron chi connectivity index (χ1n) is 20.3. The molecule has 1 aliphatic heterocycles. The number of aliphatic hydroxyl groups is 3. The lowest BCUT2D eigenvalue weighted by atomic mass is 10.00. The maximum atomic E-state index is 12.7. The standard InChI is InChI=1S/C42H70O12S/c1-3-5-7-9-11-13-15-16-17-18-19-20-21-23-25-27-29-31-38(44)53-35(32-51-37(43)30-28-26-24-22-14-12-10-8-6-4-2)33-52-42-41(47)40(46)39(45)36(54-42)34-55(48,49)50/h5,7,11,13,16-17,19-20,23,25,35-36,39-42,45-47H,3-4,6,8-10,12,14-15,18,21-22,24,26-34H2,1-2H3,(H,48,49,50)/b7-5-,13-11-,17-16-,20-19-,25-23-. The third kappa shape index (κ3) is 27.6. The van der Waals surface area contributed by atoms with Crippen molar-refractivity contribution in [3.05, 3.63) is 60.8 Å². The molecule has 0 aromatic carbocycles. The zero-order valence-corrected chi connectivity index (χ0v) is 34.1. The van der Waals surface area contributed by atoms with E-state index in [4.69, 9.17) is 18.9 Å². The van der Waals surface area contributed by atoms with Crippen molar-refractivity contribution in [1.29, 1.82) is 0 Å². The van der Waals surface area contributed by atoms with Crippen LogP contribution in [0.15, 0.2) is 60.8 Å². The quantitative estimate of drug-likeness (QED) is 0.0229. The highest BCUT2D eigenvalue weighted by Gasteiger charge is 2.46. The van der Waals surface area contributed by atoms with Gasteiger partial charge in [-0.2, -0.15) is 8.42 Å². The van der Waals surface area contributed by atoms with Crippen LogP contribution in [0, 0.1) is 0 Å². The van der Waals surface area contributed by atoms with Gasteiger partial charge in [-0.25, -0.2) is 0 Å². The number of hydrogen-bond acceptors (Lipinski definition) is 11. The zero-order chi connectivity index (χ0) is 40.6. The van der Waals surface area contributed by atoms with Crippen molar-refractivity contribution < 1.29 is 56.8 Å². The minimum atomic E-state index is -4.61. The molecular weight excluding hydrogens is 729 g/mol. The highest BCUT2D eigenvalue weighted by Crippen LogP contribution is 2.24. The topological polar surface area (TPSA) is 186 Å². The average molecular weight is 799 g/mol. The van der Waals surface area contributed by atoms with Crippen molar-refractivity contribution in [2.24, 2.45) is 0 Å². The Kier molecular flexibility index (Phi) is 29.7. The van der Waals surface area contributed by atoms with Crippen LogP contribution in [-0.4, -0.2) is 96.0 Å². The van der Waals surface area contributed by atoms with E-state index in [-0.39, 0.29) is 19.4 Å². The van der Waals surface area contributed by atoms with Crippen molar-refractivity contribution in [3.8, 4) is 0 Å². The Hall–Kier alpha value is -2.65. The molecule has 316 valence electrons. The monoisotopic (exact) mass is 798 g/mol. The second-order valence-corrected chi connectivity index (χ2v) is 15.4. The summed E-state index contributed by atoms with van der Waals surface area (Å²) in [5.74, 6) is -2.07. The summed E-state index contributed by atoms with van der Waals surface area (Å²) in [5, 5.41) is 30.8. The van der Waals surface area contributed by atoms with Crippen LogP contribution in [0.3, 0.4) is 0 Å². The minimum Gasteiger partial charge on any atom is -0.462 e. The van der Waals surface area contributed by atoms with Crippen molar-refractivity contribution in [1.82, 2.24) is 0 Å². The van der Waals surface area contributed by atoms with Crippen LogP contribution in [0.4, 0.5) is 0 Å². The molecule has 0 amide bonds. The highest BCUT2D eigenvalue weighted by atomic mass is 32.2. The lowest BCUT2D eigenvalue weighted by molar-refractivity contribution is -0.297. The van der Waals surface area contributed by atoms with Gasteiger partial charge in [-0.05, 0) is 51.4 Å². The van der Waals surface area contributed by atoms with E-state index in [2.05, 4.69) is 62.5 Å². The SMILES string of the molecule is CC/C=C\C/C=C\C/C=C\C/C=C\C/C=C\CCCC(=O)OC(COC(=O)CCCCCCCCCCCC)COC1OC(CS(=O)(=O)O)C(O)C(O)C1O. The zero-order valence-electron chi connectivity index (χ0n) is 33.3. The highest BCUT2D eigenvalue weighted by molar-refractivity contribution is 7.85. The molecule has 1 fully saturated rings. The lowest BCUT2D eigenvalue weighted by Crippen LogP contribution is -2.60. The van der Waals surface area contributed by atoms with E-state index in [0.717, 1.165) is 51.4 Å². The summed E-state index contributed by atoms with van der Waals surface area (Å²) in [6.07, 6.45) is 28.6. The van der Waals surface area contributed by atoms with E-state index in [0.29, 0.717) is 19.3 Å². The van der Waals surface area contributed by atoms with Crippen molar-refractivity contribution in [3.63, 3.8) is 0 Å². The van der Waals surface area contributed by atoms with E-state index >= 15 is 0 Å². The Morgan fingerprint density at radius 3 is 1.69 bits per heavy atom. The molecule has 0 saturated carbocycles. The van der Waals surface area contributed by atoms with E-state index < -0.39 is 71.2 Å². The van der Waals surface area contributed by atoms with Crippen molar-refractivity contribution in [2.45, 2.75) is 173 Å². The van der Waals surface area contributed by atoms with E-state index in [1.54, 1.807) is 0 Å². The smallest absolute Gasteiger partial charge is 0.306 e. The molecule has 4 N–H and O–H groups in total. The summed E-state index contributed by atoms with van der Waals surface area (Å²) in [7, 11) is -4.61. The van der Waals surface area contributed by atoms with E-state index in [1.807, 2.05) is 12.2 Å². The van der Waals surface area contributed by atoms with Gasteiger partial charge in [0.2, 0.25) is 0 Å². The Labute approximate surface area is 330 Å². The normalized spacial score (nSPS) is 21.5. The van der Waals surface area contributed by atoms with E-state index in [9.17, 15) is 37.9 Å². The number of carbonyl (C=O) groups excluding carboxylic acids is 2.